The lowest BCUT2D eigenvalue weighted by Gasteiger charge is -2.28. The molecule has 0 saturated heterocycles. The van der Waals surface area contributed by atoms with E-state index in [1.165, 1.54) is 50.5 Å². The Morgan fingerprint density at radius 1 is 1.18 bits per heavy atom. The maximum Gasteiger partial charge on any atom is 0.309 e. The summed E-state index contributed by atoms with van der Waals surface area (Å²) in [6.45, 7) is 3.71. The van der Waals surface area contributed by atoms with Gasteiger partial charge in [-0.05, 0) is 62.8 Å². The van der Waals surface area contributed by atoms with Crippen molar-refractivity contribution < 1.29 is 22.7 Å². The zero-order chi connectivity index (χ0) is 20.7. The van der Waals surface area contributed by atoms with Crippen molar-refractivity contribution in [3.63, 3.8) is 0 Å². The predicted octanol–water partition coefficient (Wildman–Crippen LogP) is 3.20. The van der Waals surface area contributed by atoms with Crippen LogP contribution in [0, 0.1) is 11.8 Å². The van der Waals surface area contributed by atoms with Gasteiger partial charge in [0.1, 0.15) is 0 Å². The molecular formula is C20H30N2O5S. The fraction of sp³-hybridized carbons (Fsp3) is 0.600. The van der Waals surface area contributed by atoms with E-state index in [1.54, 1.807) is 0 Å². The quantitative estimate of drug-likeness (QED) is 0.639. The Hall–Kier alpha value is -1.93. The number of sulfonamides is 1. The number of nitrogens with one attached hydrogen (secondary N) is 1. The number of hydrogen-bond donors (Lipinski definition) is 2. The van der Waals surface area contributed by atoms with Crippen LogP contribution in [-0.2, 0) is 24.3 Å². The number of ether oxygens (including phenoxy) is 1. The van der Waals surface area contributed by atoms with Crippen LogP contribution in [0.25, 0.3) is 0 Å². The number of benzene rings is 1. The van der Waals surface area contributed by atoms with Crippen molar-refractivity contribution in [3.8, 4) is 0 Å². The third-order valence-corrected chi connectivity index (χ3v) is 6.19. The molecule has 1 aromatic rings. The molecule has 1 atom stereocenters. The van der Waals surface area contributed by atoms with Gasteiger partial charge in [-0.15, -0.1) is 0 Å². The summed E-state index contributed by atoms with van der Waals surface area (Å²) in [6, 6.07) is 5.48. The first-order chi connectivity index (χ1) is 13.2. The van der Waals surface area contributed by atoms with E-state index >= 15 is 0 Å². The second-order valence-corrected chi connectivity index (χ2v) is 9.06. The fourth-order valence-corrected chi connectivity index (χ4v) is 3.99. The summed E-state index contributed by atoms with van der Waals surface area (Å²) >= 11 is 0. The van der Waals surface area contributed by atoms with Gasteiger partial charge in [0.2, 0.25) is 10.0 Å². The van der Waals surface area contributed by atoms with E-state index in [0.717, 1.165) is 25.7 Å². The minimum atomic E-state index is -3.78. The van der Waals surface area contributed by atoms with E-state index in [-0.39, 0.29) is 16.8 Å². The summed E-state index contributed by atoms with van der Waals surface area (Å²) in [4.78, 5) is 24.6. The Kier molecular flexibility index (Phi) is 8.00. The lowest BCUT2D eigenvalue weighted by molar-refractivity contribution is -0.158. The molecule has 0 aliphatic heterocycles. The molecule has 0 radical (unpaired) electrons. The molecule has 1 aliphatic carbocycles. The molecule has 156 valence electrons. The van der Waals surface area contributed by atoms with Crippen LogP contribution in [0.5, 0.6) is 0 Å². The van der Waals surface area contributed by atoms with Crippen molar-refractivity contribution in [1.29, 1.82) is 0 Å². The van der Waals surface area contributed by atoms with Crippen LogP contribution in [0.15, 0.2) is 29.2 Å². The molecule has 8 heteroatoms. The Morgan fingerprint density at radius 2 is 1.79 bits per heavy atom. The van der Waals surface area contributed by atoms with Gasteiger partial charge in [0.15, 0.2) is 6.10 Å². The SMILES string of the molecule is CCCCC1CCC(C(=O)O[C@H](C)C(=O)Nc2ccc(S(N)(=O)=O)cc2)CC1. The van der Waals surface area contributed by atoms with Gasteiger partial charge in [0, 0.05) is 5.69 Å². The highest BCUT2D eigenvalue weighted by molar-refractivity contribution is 7.89. The lowest BCUT2D eigenvalue weighted by Crippen LogP contribution is -2.33. The van der Waals surface area contributed by atoms with Crippen molar-refractivity contribution in [3.05, 3.63) is 24.3 Å². The highest BCUT2D eigenvalue weighted by atomic mass is 32.2. The average Bonchev–Trinajstić information content (AvgIpc) is 2.66. The highest BCUT2D eigenvalue weighted by Gasteiger charge is 2.29. The summed E-state index contributed by atoms with van der Waals surface area (Å²) in [7, 11) is -3.78. The molecule has 0 bridgehead atoms. The molecule has 1 saturated carbocycles. The molecule has 1 amide bonds. The van der Waals surface area contributed by atoms with Crippen molar-refractivity contribution in [2.75, 3.05) is 5.32 Å². The van der Waals surface area contributed by atoms with Crippen LogP contribution in [-0.4, -0.2) is 26.4 Å². The Morgan fingerprint density at radius 3 is 2.32 bits per heavy atom. The van der Waals surface area contributed by atoms with E-state index in [2.05, 4.69) is 12.2 Å². The van der Waals surface area contributed by atoms with Gasteiger partial charge in [-0.25, -0.2) is 13.6 Å². The van der Waals surface area contributed by atoms with Crippen molar-refractivity contribution >= 4 is 27.6 Å². The summed E-state index contributed by atoms with van der Waals surface area (Å²) in [6.07, 6.45) is 6.43. The monoisotopic (exact) mass is 410 g/mol. The van der Waals surface area contributed by atoms with Gasteiger partial charge in [-0.2, -0.15) is 0 Å². The molecule has 0 unspecified atom stereocenters. The number of nitrogens with two attached hydrogens (primary N) is 1. The number of unbranched alkanes of at least 4 members (excludes halogenated alkanes) is 1. The maximum absolute atomic E-state index is 12.4. The first-order valence-electron chi connectivity index (χ1n) is 9.85. The third kappa shape index (κ3) is 6.60. The minimum Gasteiger partial charge on any atom is -0.452 e. The summed E-state index contributed by atoms with van der Waals surface area (Å²) in [5, 5.41) is 7.65. The van der Waals surface area contributed by atoms with Crippen LogP contribution < -0.4 is 10.5 Å². The van der Waals surface area contributed by atoms with E-state index in [0.29, 0.717) is 11.6 Å². The molecule has 7 nitrogen and oxygen atoms in total. The highest BCUT2D eigenvalue weighted by Crippen LogP contribution is 2.32. The number of esters is 1. The smallest absolute Gasteiger partial charge is 0.309 e. The van der Waals surface area contributed by atoms with Gasteiger partial charge in [-0.1, -0.05) is 26.2 Å². The van der Waals surface area contributed by atoms with Gasteiger partial charge in [0.05, 0.1) is 10.8 Å². The topological polar surface area (TPSA) is 116 Å². The molecule has 0 spiro atoms. The van der Waals surface area contributed by atoms with E-state index in [4.69, 9.17) is 9.88 Å². The number of primary sulfonamides is 1. The lowest BCUT2D eigenvalue weighted by atomic mass is 9.80. The fourth-order valence-electron chi connectivity index (χ4n) is 3.48. The number of hydrogen-bond acceptors (Lipinski definition) is 5. The maximum atomic E-state index is 12.4. The number of carbonyl (C=O) groups excluding carboxylic acids is 2. The number of anilines is 1. The van der Waals surface area contributed by atoms with Crippen LogP contribution >= 0.6 is 0 Å². The normalized spacial score (nSPS) is 21.0. The van der Waals surface area contributed by atoms with E-state index in [1.807, 2.05) is 0 Å². The molecule has 1 aliphatic rings. The Labute approximate surface area is 167 Å². The number of amides is 1. The van der Waals surface area contributed by atoms with Crippen LogP contribution in [0.2, 0.25) is 0 Å². The van der Waals surface area contributed by atoms with Gasteiger partial charge in [0.25, 0.3) is 5.91 Å². The van der Waals surface area contributed by atoms with Crippen molar-refractivity contribution in [1.82, 2.24) is 0 Å². The van der Waals surface area contributed by atoms with Crippen molar-refractivity contribution in [2.45, 2.75) is 69.8 Å². The third-order valence-electron chi connectivity index (χ3n) is 5.26. The molecular weight excluding hydrogens is 380 g/mol. The first-order valence-corrected chi connectivity index (χ1v) is 11.4. The zero-order valence-corrected chi connectivity index (χ0v) is 17.3. The molecule has 1 fully saturated rings. The summed E-state index contributed by atoms with van der Waals surface area (Å²) in [5.41, 5.74) is 0.400. The van der Waals surface area contributed by atoms with Gasteiger partial charge in [-0.3, -0.25) is 9.59 Å². The average molecular weight is 411 g/mol. The molecule has 3 N–H and O–H groups in total. The summed E-state index contributed by atoms with van der Waals surface area (Å²) < 4.78 is 27.9. The van der Waals surface area contributed by atoms with Crippen LogP contribution in [0.4, 0.5) is 5.69 Å². The molecule has 0 aromatic heterocycles. The van der Waals surface area contributed by atoms with Crippen molar-refractivity contribution in [2.24, 2.45) is 17.0 Å². The number of rotatable bonds is 8. The molecule has 0 heterocycles. The van der Waals surface area contributed by atoms with Gasteiger partial charge < -0.3 is 10.1 Å². The standard InChI is InChI=1S/C20H30N2O5S/c1-3-4-5-15-6-8-16(9-7-15)20(24)27-14(2)19(23)22-17-10-12-18(13-11-17)28(21,25)26/h10-16H,3-9H2,1-2H3,(H,22,23)(H2,21,25,26)/t14-,15?,16?/m1/s1. The Bertz CT molecular complexity index is 768. The first kappa shape index (κ1) is 22.4. The largest absolute Gasteiger partial charge is 0.452 e. The van der Waals surface area contributed by atoms with E-state index < -0.39 is 22.0 Å². The molecule has 1 aromatic carbocycles. The summed E-state index contributed by atoms with van der Waals surface area (Å²) in [5.74, 6) is -0.221. The minimum absolute atomic E-state index is 0.0421. The number of carbonyl (C=O) groups is 2. The molecule has 2 rings (SSSR count). The van der Waals surface area contributed by atoms with Crippen LogP contribution in [0.3, 0.4) is 0 Å². The predicted molar refractivity (Wildman–Crippen MR) is 107 cm³/mol. The van der Waals surface area contributed by atoms with Crippen LogP contribution in [0.1, 0.15) is 58.8 Å². The van der Waals surface area contributed by atoms with E-state index in [9.17, 15) is 18.0 Å². The Balaban J connectivity index is 1.81. The molecule has 28 heavy (non-hydrogen) atoms. The zero-order valence-electron chi connectivity index (χ0n) is 16.5. The van der Waals surface area contributed by atoms with Gasteiger partial charge >= 0.3 is 5.97 Å². The second kappa shape index (κ2) is 10.0. The second-order valence-electron chi connectivity index (χ2n) is 7.50.